The van der Waals surface area contributed by atoms with E-state index in [1.807, 2.05) is 19.1 Å². The van der Waals surface area contributed by atoms with Crippen LogP contribution in [0.15, 0.2) is 22.7 Å². The minimum atomic E-state index is -0.269. The Bertz CT molecular complexity index is 385. The van der Waals surface area contributed by atoms with Crippen LogP contribution in [-0.4, -0.2) is 19.1 Å². The summed E-state index contributed by atoms with van der Waals surface area (Å²) in [6.45, 7) is 2.65. The molecule has 0 heterocycles. The summed E-state index contributed by atoms with van der Waals surface area (Å²) < 4.78 is 5.92. The van der Waals surface area contributed by atoms with Gasteiger partial charge >= 0.3 is 5.97 Å². The second-order valence-corrected chi connectivity index (χ2v) is 4.87. The highest BCUT2D eigenvalue weighted by Crippen LogP contribution is 2.25. The smallest absolute Gasteiger partial charge is 0.325 e. The molecule has 1 N–H and O–H groups in total. The number of unbranched alkanes of at least 4 members (excludes halogenated alkanes) is 1. The molecule has 0 bridgehead atoms. The second-order valence-electron chi connectivity index (χ2n) is 3.55. The van der Waals surface area contributed by atoms with E-state index in [0.29, 0.717) is 17.3 Å². The standard InChI is InChI=1S/C12H15BrClNO2/c1-2-3-6-17-12(16)8-15-11-7-9(13)4-5-10(11)14/h4-5,7,15H,2-3,6,8H2,1H3. The Kier molecular flexibility index (Phi) is 6.37. The van der Waals surface area contributed by atoms with Crippen LogP contribution < -0.4 is 5.32 Å². The number of hydrogen-bond acceptors (Lipinski definition) is 3. The third-order valence-corrected chi connectivity index (χ3v) is 2.94. The molecule has 0 aliphatic carbocycles. The van der Waals surface area contributed by atoms with E-state index in [2.05, 4.69) is 21.2 Å². The molecule has 0 radical (unpaired) electrons. The zero-order valence-corrected chi connectivity index (χ0v) is 12.0. The predicted molar refractivity (Wildman–Crippen MR) is 73.5 cm³/mol. The molecule has 1 rings (SSSR count). The van der Waals surface area contributed by atoms with Gasteiger partial charge in [0.2, 0.25) is 0 Å². The highest BCUT2D eigenvalue weighted by atomic mass is 79.9. The van der Waals surface area contributed by atoms with Gasteiger partial charge in [-0.3, -0.25) is 4.79 Å². The SMILES string of the molecule is CCCCOC(=O)CNc1cc(Br)ccc1Cl. The number of hydrogen-bond donors (Lipinski definition) is 1. The Balaban J connectivity index is 2.39. The molecule has 0 fully saturated rings. The number of esters is 1. The summed E-state index contributed by atoms with van der Waals surface area (Å²) in [4.78, 5) is 11.3. The number of carbonyl (C=O) groups excluding carboxylic acids is 1. The van der Waals surface area contributed by atoms with Gasteiger partial charge in [0.1, 0.15) is 6.54 Å². The molecule has 0 saturated heterocycles. The van der Waals surface area contributed by atoms with Gasteiger partial charge in [0.25, 0.3) is 0 Å². The maximum atomic E-state index is 11.3. The zero-order valence-electron chi connectivity index (χ0n) is 9.63. The first-order chi connectivity index (χ1) is 8.13. The Morgan fingerprint density at radius 2 is 2.29 bits per heavy atom. The van der Waals surface area contributed by atoms with Crippen LogP contribution in [0.3, 0.4) is 0 Å². The molecule has 0 aromatic heterocycles. The van der Waals surface area contributed by atoms with E-state index in [4.69, 9.17) is 16.3 Å². The molecule has 0 amide bonds. The fourth-order valence-corrected chi connectivity index (χ4v) is 1.73. The number of rotatable bonds is 6. The van der Waals surface area contributed by atoms with Crippen molar-refractivity contribution in [2.24, 2.45) is 0 Å². The molecule has 0 unspecified atom stereocenters. The maximum Gasteiger partial charge on any atom is 0.325 e. The minimum absolute atomic E-state index is 0.125. The first kappa shape index (κ1) is 14.3. The first-order valence-corrected chi connectivity index (χ1v) is 6.65. The molecular formula is C12H15BrClNO2. The first-order valence-electron chi connectivity index (χ1n) is 5.48. The fourth-order valence-electron chi connectivity index (χ4n) is 1.18. The maximum absolute atomic E-state index is 11.3. The van der Waals surface area contributed by atoms with Crippen molar-refractivity contribution >= 4 is 39.2 Å². The van der Waals surface area contributed by atoms with E-state index < -0.39 is 0 Å². The molecule has 5 heteroatoms. The van der Waals surface area contributed by atoms with Crippen molar-refractivity contribution in [2.75, 3.05) is 18.5 Å². The van der Waals surface area contributed by atoms with Gasteiger partial charge < -0.3 is 10.1 Å². The summed E-state index contributed by atoms with van der Waals surface area (Å²) in [6.07, 6.45) is 1.90. The molecule has 0 aliphatic rings. The van der Waals surface area contributed by atoms with Gasteiger partial charge in [0, 0.05) is 4.47 Å². The molecule has 1 aromatic rings. The van der Waals surface area contributed by atoms with Crippen molar-refractivity contribution in [1.82, 2.24) is 0 Å². The highest BCUT2D eigenvalue weighted by Gasteiger charge is 2.05. The van der Waals surface area contributed by atoms with Crippen LogP contribution in [0.4, 0.5) is 5.69 Å². The van der Waals surface area contributed by atoms with Crippen LogP contribution in [0.1, 0.15) is 19.8 Å². The second kappa shape index (κ2) is 7.56. The Hall–Kier alpha value is -0.740. The van der Waals surface area contributed by atoms with E-state index in [1.165, 1.54) is 0 Å². The average Bonchev–Trinajstić information content (AvgIpc) is 2.31. The summed E-state index contributed by atoms with van der Waals surface area (Å²) in [5.74, 6) is -0.269. The molecule has 0 atom stereocenters. The predicted octanol–water partition coefficient (Wildman–Crippen LogP) is 3.86. The van der Waals surface area contributed by atoms with Crippen molar-refractivity contribution in [3.05, 3.63) is 27.7 Å². The summed E-state index contributed by atoms with van der Waals surface area (Å²) in [6, 6.07) is 5.42. The zero-order chi connectivity index (χ0) is 12.7. The number of carbonyl (C=O) groups is 1. The monoisotopic (exact) mass is 319 g/mol. The molecule has 0 saturated carbocycles. The van der Waals surface area contributed by atoms with Gasteiger partial charge in [-0.15, -0.1) is 0 Å². The molecule has 0 aliphatic heterocycles. The van der Waals surface area contributed by atoms with Crippen molar-refractivity contribution in [3.63, 3.8) is 0 Å². The molecule has 17 heavy (non-hydrogen) atoms. The molecular weight excluding hydrogens is 305 g/mol. The number of ether oxygens (including phenoxy) is 1. The van der Waals surface area contributed by atoms with Crippen molar-refractivity contribution < 1.29 is 9.53 Å². The number of halogens is 2. The number of anilines is 1. The number of nitrogens with one attached hydrogen (secondary N) is 1. The lowest BCUT2D eigenvalue weighted by Gasteiger charge is -2.08. The quantitative estimate of drug-likeness (QED) is 0.639. The van der Waals surface area contributed by atoms with Crippen LogP contribution in [0.25, 0.3) is 0 Å². The summed E-state index contributed by atoms with van der Waals surface area (Å²) >= 11 is 9.31. The van der Waals surface area contributed by atoms with Gasteiger partial charge in [0.15, 0.2) is 0 Å². The topological polar surface area (TPSA) is 38.3 Å². The minimum Gasteiger partial charge on any atom is -0.464 e. The van der Waals surface area contributed by atoms with Gasteiger partial charge in [-0.1, -0.05) is 40.9 Å². The Labute approximate surface area is 115 Å². The molecule has 3 nitrogen and oxygen atoms in total. The molecule has 0 spiro atoms. The molecule has 1 aromatic carbocycles. The van der Waals surface area contributed by atoms with Gasteiger partial charge in [-0.05, 0) is 24.6 Å². The average molecular weight is 321 g/mol. The van der Waals surface area contributed by atoms with Crippen LogP contribution in [0.5, 0.6) is 0 Å². The summed E-state index contributed by atoms with van der Waals surface area (Å²) in [5.41, 5.74) is 0.716. The highest BCUT2D eigenvalue weighted by molar-refractivity contribution is 9.10. The lowest BCUT2D eigenvalue weighted by atomic mass is 10.3. The fraction of sp³-hybridized carbons (Fsp3) is 0.417. The Morgan fingerprint density at radius 3 is 3.00 bits per heavy atom. The lowest BCUT2D eigenvalue weighted by molar-refractivity contribution is -0.141. The van der Waals surface area contributed by atoms with Crippen LogP contribution in [0, 0.1) is 0 Å². The van der Waals surface area contributed by atoms with Crippen molar-refractivity contribution in [2.45, 2.75) is 19.8 Å². The largest absolute Gasteiger partial charge is 0.464 e. The number of benzene rings is 1. The van der Waals surface area contributed by atoms with Crippen molar-refractivity contribution in [3.8, 4) is 0 Å². The van der Waals surface area contributed by atoms with Gasteiger partial charge in [-0.25, -0.2) is 0 Å². The van der Waals surface area contributed by atoms with Gasteiger partial charge in [0.05, 0.1) is 17.3 Å². The summed E-state index contributed by atoms with van der Waals surface area (Å²) in [5, 5.41) is 3.52. The third-order valence-electron chi connectivity index (χ3n) is 2.11. The normalized spacial score (nSPS) is 10.1. The van der Waals surface area contributed by atoms with E-state index in [0.717, 1.165) is 17.3 Å². The van der Waals surface area contributed by atoms with E-state index >= 15 is 0 Å². The van der Waals surface area contributed by atoms with Crippen LogP contribution in [-0.2, 0) is 9.53 Å². The lowest BCUT2D eigenvalue weighted by Crippen LogP contribution is -2.17. The Morgan fingerprint density at radius 1 is 1.53 bits per heavy atom. The van der Waals surface area contributed by atoms with Gasteiger partial charge in [-0.2, -0.15) is 0 Å². The van der Waals surface area contributed by atoms with E-state index in [-0.39, 0.29) is 12.5 Å². The van der Waals surface area contributed by atoms with E-state index in [9.17, 15) is 4.79 Å². The third kappa shape index (κ3) is 5.41. The van der Waals surface area contributed by atoms with Crippen molar-refractivity contribution in [1.29, 1.82) is 0 Å². The molecule has 94 valence electrons. The van der Waals surface area contributed by atoms with Crippen LogP contribution >= 0.6 is 27.5 Å². The van der Waals surface area contributed by atoms with Crippen LogP contribution in [0.2, 0.25) is 5.02 Å². The van der Waals surface area contributed by atoms with E-state index in [1.54, 1.807) is 6.07 Å². The summed E-state index contributed by atoms with van der Waals surface area (Å²) in [7, 11) is 0.